The Morgan fingerprint density at radius 2 is 1.90 bits per heavy atom. The summed E-state index contributed by atoms with van der Waals surface area (Å²) in [6.07, 6.45) is 1.59. The van der Waals surface area contributed by atoms with Crippen molar-refractivity contribution in [3.05, 3.63) is 54.2 Å². The maximum absolute atomic E-state index is 13.9. The molecule has 1 aromatic carbocycles. The van der Waals surface area contributed by atoms with E-state index in [4.69, 9.17) is 5.73 Å². The van der Waals surface area contributed by atoms with Gasteiger partial charge in [-0.15, -0.1) is 0 Å². The fourth-order valence-corrected chi connectivity index (χ4v) is 2.02. The maximum atomic E-state index is 13.9. The smallest absolute Gasteiger partial charge is 0.168 e. The standard InChI is InChI=1S/C14H10F2N4/c15-9-5-3-4-8(12(9)16)13-11(14(17)20-19-13)10-6-1-2-7-18-10/h1-7H,(H3,17,19,20). The van der Waals surface area contributed by atoms with E-state index in [0.29, 0.717) is 17.0 Å². The van der Waals surface area contributed by atoms with E-state index in [2.05, 4.69) is 15.2 Å². The Morgan fingerprint density at radius 3 is 2.65 bits per heavy atom. The van der Waals surface area contributed by atoms with E-state index in [9.17, 15) is 8.78 Å². The number of nitrogens with two attached hydrogens (primary N) is 1. The topological polar surface area (TPSA) is 67.6 Å². The average Bonchev–Trinajstić information content (AvgIpc) is 2.84. The van der Waals surface area contributed by atoms with E-state index in [1.807, 2.05) is 0 Å². The predicted molar refractivity (Wildman–Crippen MR) is 71.6 cm³/mol. The number of anilines is 1. The van der Waals surface area contributed by atoms with Gasteiger partial charge in [-0.2, -0.15) is 5.10 Å². The van der Waals surface area contributed by atoms with Gasteiger partial charge in [-0.1, -0.05) is 12.1 Å². The van der Waals surface area contributed by atoms with Gasteiger partial charge < -0.3 is 5.73 Å². The zero-order chi connectivity index (χ0) is 14.1. The van der Waals surface area contributed by atoms with Gasteiger partial charge in [0.25, 0.3) is 0 Å². The van der Waals surface area contributed by atoms with Crippen LogP contribution in [0.1, 0.15) is 0 Å². The summed E-state index contributed by atoms with van der Waals surface area (Å²) >= 11 is 0. The van der Waals surface area contributed by atoms with Crippen LogP contribution in [0.15, 0.2) is 42.6 Å². The fraction of sp³-hybridized carbons (Fsp3) is 0. The van der Waals surface area contributed by atoms with Crippen molar-refractivity contribution in [3.8, 4) is 22.5 Å². The van der Waals surface area contributed by atoms with Crippen LogP contribution in [-0.4, -0.2) is 15.2 Å². The maximum Gasteiger partial charge on any atom is 0.168 e. The quantitative estimate of drug-likeness (QED) is 0.753. The van der Waals surface area contributed by atoms with Gasteiger partial charge in [0, 0.05) is 11.8 Å². The number of nitrogens with one attached hydrogen (secondary N) is 1. The van der Waals surface area contributed by atoms with Gasteiger partial charge in [-0.05, 0) is 24.3 Å². The summed E-state index contributed by atoms with van der Waals surface area (Å²) in [5.74, 6) is -1.70. The summed E-state index contributed by atoms with van der Waals surface area (Å²) in [6.45, 7) is 0. The molecule has 0 spiro atoms. The minimum absolute atomic E-state index is 0.0647. The van der Waals surface area contributed by atoms with Gasteiger partial charge in [-0.3, -0.25) is 10.1 Å². The number of rotatable bonds is 2. The molecular weight excluding hydrogens is 262 g/mol. The Hall–Kier alpha value is -2.76. The molecule has 0 saturated heterocycles. The number of nitrogens with zero attached hydrogens (tertiary/aromatic N) is 2. The van der Waals surface area contributed by atoms with Gasteiger partial charge in [0.1, 0.15) is 0 Å². The number of H-pyrrole nitrogens is 1. The van der Waals surface area contributed by atoms with Gasteiger partial charge in [0.15, 0.2) is 17.5 Å². The fourth-order valence-electron chi connectivity index (χ4n) is 2.02. The first-order valence-electron chi connectivity index (χ1n) is 5.88. The summed E-state index contributed by atoms with van der Waals surface area (Å²) in [6, 6.07) is 9.19. The molecule has 0 saturated carbocycles. The minimum atomic E-state index is -0.951. The zero-order valence-electron chi connectivity index (χ0n) is 10.3. The number of aromatic nitrogens is 3. The van der Waals surface area contributed by atoms with Crippen LogP contribution in [0.25, 0.3) is 22.5 Å². The lowest BCUT2D eigenvalue weighted by Crippen LogP contribution is -1.93. The van der Waals surface area contributed by atoms with Gasteiger partial charge in [0.05, 0.1) is 17.0 Å². The minimum Gasteiger partial charge on any atom is -0.382 e. The van der Waals surface area contributed by atoms with Crippen molar-refractivity contribution in [2.45, 2.75) is 0 Å². The number of benzene rings is 1. The van der Waals surface area contributed by atoms with Crippen molar-refractivity contribution in [2.24, 2.45) is 0 Å². The summed E-state index contributed by atoms with van der Waals surface area (Å²) < 4.78 is 27.3. The number of hydrogen-bond donors (Lipinski definition) is 2. The van der Waals surface area contributed by atoms with E-state index >= 15 is 0 Å². The molecule has 100 valence electrons. The Balaban J connectivity index is 2.24. The van der Waals surface area contributed by atoms with Crippen molar-refractivity contribution >= 4 is 5.82 Å². The highest BCUT2D eigenvalue weighted by Gasteiger charge is 2.19. The first-order valence-corrected chi connectivity index (χ1v) is 5.88. The van der Waals surface area contributed by atoms with Crippen LogP contribution < -0.4 is 5.73 Å². The molecule has 0 aliphatic carbocycles. The normalized spacial score (nSPS) is 10.7. The molecule has 2 aromatic heterocycles. The third-order valence-electron chi connectivity index (χ3n) is 2.94. The molecular formula is C14H10F2N4. The van der Waals surface area contributed by atoms with Crippen LogP contribution in [0.4, 0.5) is 14.6 Å². The first kappa shape index (κ1) is 12.3. The Bertz CT molecular complexity index is 753. The molecule has 0 amide bonds. The molecule has 4 nitrogen and oxygen atoms in total. The molecule has 3 rings (SSSR count). The second-order valence-corrected chi connectivity index (χ2v) is 4.18. The Labute approximate surface area is 113 Å². The summed E-state index contributed by atoms with van der Waals surface area (Å²) in [7, 11) is 0. The number of aromatic amines is 1. The Kier molecular flexibility index (Phi) is 2.90. The highest BCUT2D eigenvalue weighted by molar-refractivity contribution is 5.86. The molecule has 0 unspecified atom stereocenters. The third kappa shape index (κ3) is 1.91. The van der Waals surface area contributed by atoms with Crippen molar-refractivity contribution < 1.29 is 8.78 Å². The molecule has 0 atom stereocenters. The monoisotopic (exact) mass is 272 g/mol. The van der Waals surface area contributed by atoms with Crippen LogP contribution >= 0.6 is 0 Å². The van der Waals surface area contributed by atoms with Crippen molar-refractivity contribution in [2.75, 3.05) is 5.73 Å². The van der Waals surface area contributed by atoms with Crippen molar-refractivity contribution in [1.29, 1.82) is 0 Å². The molecule has 2 heterocycles. The van der Waals surface area contributed by atoms with E-state index in [1.54, 1.807) is 24.4 Å². The molecule has 3 N–H and O–H groups in total. The summed E-state index contributed by atoms with van der Waals surface area (Å²) in [5.41, 5.74) is 7.16. The molecule has 20 heavy (non-hydrogen) atoms. The second-order valence-electron chi connectivity index (χ2n) is 4.18. The zero-order valence-corrected chi connectivity index (χ0v) is 10.3. The number of hydrogen-bond acceptors (Lipinski definition) is 3. The van der Waals surface area contributed by atoms with Gasteiger partial charge in [-0.25, -0.2) is 8.78 Å². The van der Waals surface area contributed by atoms with E-state index in [1.165, 1.54) is 12.1 Å². The SMILES string of the molecule is Nc1n[nH]c(-c2cccc(F)c2F)c1-c1ccccn1. The van der Waals surface area contributed by atoms with Crippen LogP contribution in [-0.2, 0) is 0 Å². The van der Waals surface area contributed by atoms with Gasteiger partial charge in [0.2, 0.25) is 0 Å². The molecule has 3 aromatic rings. The number of nitrogen functional groups attached to an aromatic ring is 1. The second kappa shape index (κ2) is 4.73. The lowest BCUT2D eigenvalue weighted by molar-refractivity contribution is 0.511. The predicted octanol–water partition coefficient (Wildman–Crippen LogP) is 3.00. The van der Waals surface area contributed by atoms with Crippen LogP contribution in [0.5, 0.6) is 0 Å². The lowest BCUT2D eigenvalue weighted by Gasteiger charge is -2.05. The summed E-state index contributed by atoms with van der Waals surface area (Å²) in [4.78, 5) is 4.16. The van der Waals surface area contributed by atoms with E-state index in [-0.39, 0.29) is 11.4 Å². The molecule has 0 fully saturated rings. The van der Waals surface area contributed by atoms with Crippen LogP contribution in [0.3, 0.4) is 0 Å². The Morgan fingerprint density at radius 1 is 1.05 bits per heavy atom. The van der Waals surface area contributed by atoms with E-state index < -0.39 is 11.6 Å². The number of halogens is 2. The van der Waals surface area contributed by atoms with Crippen LogP contribution in [0, 0.1) is 11.6 Å². The van der Waals surface area contributed by atoms with Crippen molar-refractivity contribution in [3.63, 3.8) is 0 Å². The molecule has 0 aliphatic rings. The number of pyridine rings is 1. The lowest BCUT2D eigenvalue weighted by atomic mass is 10.0. The molecule has 6 heteroatoms. The average molecular weight is 272 g/mol. The summed E-state index contributed by atoms with van der Waals surface area (Å²) in [5, 5.41) is 6.50. The largest absolute Gasteiger partial charge is 0.382 e. The highest BCUT2D eigenvalue weighted by atomic mass is 19.2. The van der Waals surface area contributed by atoms with E-state index in [0.717, 1.165) is 6.07 Å². The molecule has 0 aliphatic heterocycles. The van der Waals surface area contributed by atoms with Gasteiger partial charge >= 0.3 is 0 Å². The van der Waals surface area contributed by atoms with Crippen molar-refractivity contribution in [1.82, 2.24) is 15.2 Å². The first-order chi connectivity index (χ1) is 9.68. The van der Waals surface area contributed by atoms with Crippen LogP contribution in [0.2, 0.25) is 0 Å². The molecule has 0 bridgehead atoms. The highest BCUT2D eigenvalue weighted by Crippen LogP contribution is 2.34. The third-order valence-corrected chi connectivity index (χ3v) is 2.94. The molecule has 0 radical (unpaired) electrons.